The van der Waals surface area contributed by atoms with E-state index in [4.69, 9.17) is 23.7 Å². The molecule has 0 spiro atoms. The van der Waals surface area contributed by atoms with Crippen molar-refractivity contribution in [1.29, 1.82) is 10.5 Å². The second-order valence-corrected chi connectivity index (χ2v) is 1.87. The lowest BCUT2D eigenvalue weighted by Crippen LogP contribution is -1.83. The Labute approximate surface area is 76.3 Å². The molecule has 0 saturated carbocycles. The number of nitriles is 2. The predicted octanol–water partition coefficient (Wildman–Crippen LogP) is 1.89. The molecule has 0 amide bonds. The van der Waals surface area contributed by atoms with E-state index in [0.717, 1.165) is 0 Å². The molecule has 0 atom stereocenters. The lowest BCUT2D eigenvalue weighted by atomic mass is 10.2. The summed E-state index contributed by atoms with van der Waals surface area (Å²) in [5, 5.41) is 16.7. The third kappa shape index (κ3) is 3.99. The highest BCUT2D eigenvalue weighted by atomic mass is 14.9. The van der Waals surface area contributed by atoms with Crippen molar-refractivity contribution in [3.63, 3.8) is 0 Å². The minimum Gasteiger partial charge on any atom is -0.197 e. The van der Waals surface area contributed by atoms with Gasteiger partial charge >= 0.3 is 5.82 Å². The molecule has 13 heavy (non-hydrogen) atoms. The van der Waals surface area contributed by atoms with Crippen LogP contribution in [0, 0.1) is 41.7 Å². The normalized spacial score (nSPS) is 8.08. The molecule has 0 aliphatic carbocycles. The van der Waals surface area contributed by atoms with Crippen LogP contribution >= 0.6 is 0 Å². The number of hydrogen-bond acceptors (Lipinski definition) is 2. The van der Waals surface area contributed by atoms with Crippen LogP contribution in [0.4, 0.5) is 0 Å². The molecule has 0 radical (unpaired) electrons. The van der Waals surface area contributed by atoms with Crippen molar-refractivity contribution in [2.75, 3.05) is 0 Å². The zero-order chi connectivity index (χ0) is 10.1. The fourth-order valence-corrected chi connectivity index (χ4v) is 0.467. The van der Waals surface area contributed by atoms with E-state index in [9.17, 15) is 0 Å². The Kier molecular flexibility index (Phi) is 4.95. The molecule has 0 unspecified atom stereocenters. The van der Waals surface area contributed by atoms with Gasteiger partial charge in [-0.05, 0) is 0 Å². The van der Waals surface area contributed by atoms with Gasteiger partial charge in [0.1, 0.15) is 13.1 Å². The number of nitrogens with zero attached hydrogens (tertiary/aromatic N) is 4. The van der Waals surface area contributed by atoms with E-state index in [1.165, 1.54) is 18.2 Å². The average Bonchev–Trinajstić information content (AvgIpc) is 2.19. The first-order valence-electron chi connectivity index (χ1n) is 3.21. The van der Waals surface area contributed by atoms with Crippen molar-refractivity contribution in [1.82, 2.24) is 0 Å². The summed E-state index contributed by atoms with van der Waals surface area (Å²) in [5.74, 6) is -0.917. The second-order valence-electron chi connectivity index (χ2n) is 1.87. The summed E-state index contributed by atoms with van der Waals surface area (Å²) in [6.45, 7) is 13.0. The van der Waals surface area contributed by atoms with Gasteiger partial charge in [0.2, 0.25) is 0 Å². The molecule has 0 aliphatic rings. The molecule has 0 aromatic rings. The Morgan fingerprint density at radius 2 is 1.77 bits per heavy atom. The van der Waals surface area contributed by atoms with Gasteiger partial charge in [0, 0.05) is 6.08 Å². The molecule has 0 heterocycles. The summed E-state index contributed by atoms with van der Waals surface area (Å²) in [5.41, 5.74) is 0. The van der Waals surface area contributed by atoms with Crippen molar-refractivity contribution in [2.45, 2.75) is 0 Å². The first kappa shape index (κ1) is 10.4. The number of hydrogen-bond donors (Lipinski definition) is 0. The summed E-state index contributed by atoms with van der Waals surface area (Å²) < 4.78 is 0. The summed E-state index contributed by atoms with van der Waals surface area (Å²) >= 11 is 0. The van der Waals surface area contributed by atoms with Gasteiger partial charge in [-0.3, -0.25) is 0 Å². The first-order valence-corrected chi connectivity index (χ1v) is 3.21. The lowest BCUT2D eigenvalue weighted by molar-refractivity contribution is 1.09. The highest BCUT2D eigenvalue weighted by Crippen LogP contribution is 2.00. The lowest BCUT2D eigenvalue weighted by Gasteiger charge is -1.82. The number of allylic oxidation sites excluding steroid dienone is 3. The molecule has 0 aliphatic heterocycles. The SMILES string of the molecule is [C-]#[N+]C(=CC=CC(C#N)C#N)[N+]#[C-]. The van der Waals surface area contributed by atoms with Crippen LogP contribution in [-0.4, -0.2) is 0 Å². The van der Waals surface area contributed by atoms with Crippen LogP contribution in [0.3, 0.4) is 0 Å². The van der Waals surface area contributed by atoms with E-state index in [2.05, 4.69) is 9.69 Å². The van der Waals surface area contributed by atoms with Gasteiger partial charge in [0.05, 0.1) is 12.1 Å². The van der Waals surface area contributed by atoms with Gasteiger partial charge in [0.25, 0.3) is 0 Å². The average molecular weight is 168 g/mol. The quantitative estimate of drug-likeness (QED) is 0.467. The Bertz CT molecular complexity index is 359. The van der Waals surface area contributed by atoms with Crippen molar-refractivity contribution in [3.05, 3.63) is 46.9 Å². The Morgan fingerprint density at radius 1 is 1.23 bits per heavy atom. The van der Waals surface area contributed by atoms with Crippen LogP contribution in [0.1, 0.15) is 0 Å². The van der Waals surface area contributed by atoms with E-state index in [1.54, 1.807) is 12.1 Å². The van der Waals surface area contributed by atoms with Crippen LogP contribution in [0.5, 0.6) is 0 Å². The zero-order valence-electron chi connectivity index (χ0n) is 6.60. The van der Waals surface area contributed by atoms with E-state index in [0.29, 0.717) is 0 Å². The van der Waals surface area contributed by atoms with Crippen molar-refractivity contribution in [3.8, 4) is 12.1 Å². The molecular weight excluding hydrogens is 164 g/mol. The molecule has 0 saturated heterocycles. The Hall–Kier alpha value is -2.56. The molecule has 4 nitrogen and oxygen atoms in total. The summed E-state index contributed by atoms with van der Waals surface area (Å²) in [6.07, 6.45) is 3.96. The fraction of sp³-hybridized carbons (Fsp3) is 0.111. The minimum absolute atomic E-state index is 0.0918. The first-order chi connectivity index (χ1) is 6.28. The van der Waals surface area contributed by atoms with Crippen LogP contribution in [0.25, 0.3) is 9.69 Å². The van der Waals surface area contributed by atoms with Gasteiger partial charge in [-0.1, -0.05) is 12.2 Å². The smallest absolute Gasteiger partial charge is 0.197 e. The molecular formula is C9H4N4. The maximum atomic E-state index is 8.34. The maximum Gasteiger partial charge on any atom is 0.519 e. The molecule has 0 fully saturated rings. The van der Waals surface area contributed by atoms with Gasteiger partial charge < -0.3 is 0 Å². The molecule has 0 rings (SSSR count). The van der Waals surface area contributed by atoms with Gasteiger partial charge in [-0.2, -0.15) is 20.2 Å². The molecule has 0 aromatic carbocycles. The third-order valence-electron chi connectivity index (χ3n) is 1.06. The summed E-state index contributed by atoms with van der Waals surface area (Å²) in [6, 6.07) is 3.46. The van der Waals surface area contributed by atoms with Gasteiger partial charge in [-0.15, -0.1) is 0 Å². The molecule has 0 bridgehead atoms. The maximum absolute atomic E-state index is 8.34. The fourth-order valence-electron chi connectivity index (χ4n) is 0.467. The van der Waals surface area contributed by atoms with E-state index in [-0.39, 0.29) is 5.82 Å². The third-order valence-corrected chi connectivity index (χ3v) is 1.06. The predicted molar refractivity (Wildman–Crippen MR) is 45.1 cm³/mol. The highest BCUT2D eigenvalue weighted by Gasteiger charge is 1.99. The van der Waals surface area contributed by atoms with Gasteiger partial charge in [0.15, 0.2) is 5.92 Å². The van der Waals surface area contributed by atoms with Crippen LogP contribution in [-0.2, 0) is 0 Å². The van der Waals surface area contributed by atoms with Gasteiger partial charge in [-0.25, -0.2) is 0 Å². The molecule has 0 N–H and O–H groups in total. The monoisotopic (exact) mass is 168 g/mol. The Balaban J connectivity index is 4.45. The number of rotatable bonds is 2. The highest BCUT2D eigenvalue weighted by molar-refractivity contribution is 5.25. The second kappa shape index (κ2) is 6.17. The van der Waals surface area contributed by atoms with E-state index < -0.39 is 5.92 Å². The van der Waals surface area contributed by atoms with Crippen molar-refractivity contribution >= 4 is 0 Å². The summed E-state index contributed by atoms with van der Waals surface area (Å²) in [7, 11) is 0. The molecule has 0 aromatic heterocycles. The molecule has 4 heteroatoms. The summed E-state index contributed by atoms with van der Waals surface area (Å²) in [4.78, 5) is 5.79. The van der Waals surface area contributed by atoms with E-state index in [1.807, 2.05) is 0 Å². The van der Waals surface area contributed by atoms with Crippen LogP contribution in [0.15, 0.2) is 24.0 Å². The largest absolute Gasteiger partial charge is 0.519 e. The van der Waals surface area contributed by atoms with Crippen molar-refractivity contribution in [2.24, 2.45) is 5.92 Å². The standard InChI is InChI=1S/C9H4N4/c1-12-9(13-2)5-3-4-8(6-10)7-11/h3-5,8H. The van der Waals surface area contributed by atoms with E-state index >= 15 is 0 Å². The zero-order valence-corrected chi connectivity index (χ0v) is 6.60. The Morgan fingerprint density at radius 3 is 2.15 bits per heavy atom. The van der Waals surface area contributed by atoms with Crippen LogP contribution in [0.2, 0.25) is 0 Å². The molecule has 60 valence electrons. The minimum atomic E-state index is -0.825. The topological polar surface area (TPSA) is 56.3 Å². The van der Waals surface area contributed by atoms with Crippen LogP contribution < -0.4 is 0 Å². The van der Waals surface area contributed by atoms with Crippen molar-refractivity contribution < 1.29 is 0 Å².